The van der Waals surface area contributed by atoms with Gasteiger partial charge in [0.2, 0.25) is 11.8 Å². The SMILES string of the molecule is CCCNc1ncc(Br)c(Oc2cc(Br)ccc2C)n1. The first-order chi connectivity index (χ1) is 9.60. The fourth-order valence-electron chi connectivity index (χ4n) is 1.53. The molecule has 106 valence electrons. The van der Waals surface area contributed by atoms with Crippen LogP contribution in [0.4, 0.5) is 5.95 Å². The Morgan fingerprint density at radius 1 is 1.30 bits per heavy atom. The van der Waals surface area contributed by atoms with Gasteiger partial charge >= 0.3 is 0 Å². The van der Waals surface area contributed by atoms with E-state index in [2.05, 4.69) is 54.1 Å². The van der Waals surface area contributed by atoms with E-state index in [9.17, 15) is 0 Å². The first-order valence-corrected chi connectivity index (χ1v) is 7.89. The van der Waals surface area contributed by atoms with Gasteiger partial charge < -0.3 is 10.1 Å². The van der Waals surface area contributed by atoms with Gasteiger partial charge in [-0.15, -0.1) is 0 Å². The quantitative estimate of drug-likeness (QED) is 0.773. The fraction of sp³-hybridized carbons (Fsp3) is 0.286. The smallest absolute Gasteiger partial charge is 0.238 e. The lowest BCUT2D eigenvalue weighted by Gasteiger charge is -2.11. The van der Waals surface area contributed by atoms with Crippen molar-refractivity contribution in [3.8, 4) is 11.6 Å². The Hall–Kier alpha value is -1.14. The Labute approximate surface area is 135 Å². The topological polar surface area (TPSA) is 47.0 Å². The summed E-state index contributed by atoms with van der Waals surface area (Å²) in [5.41, 5.74) is 1.04. The van der Waals surface area contributed by atoms with Crippen LogP contribution < -0.4 is 10.1 Å². The van der Waals surface area contributed by atoms with Crippen molar-refractivity contribution in [2.75, 3.05) is 11.9 Å². The lowest BCUT2D eigenvalue weighted by Crippen LogP contribution is -2.05. The highest BCUT2D eigenvalue weighted by Crippen LogP contribution is 2.31. The van der Waals surface area contributed by atoms with Crippen molar-refractivity contribution in [1.82, 2.24) is 9.97 Å². The normalized spacial score (nSPS) is 10.4. The molecule has 2 aromatic rings. The summed E-state index contributed by atoms with van der Waals surface area (Å²) >= 11 is 6.85. The molecule has 6 heteroatoms. The lowest BCUT2D eigenvalue weighted by molar-refractivity contribution is 0.455. The molecule has 0 aliphatic heterocycles. The average Bonchev–Trinajstić information content (AvgIpc) is 2.43. The van der Waals surface area contributed by atoms with Crippen LogP contribution in [0.3, 0.4) is 0 Å². The molecular weight excluding hydrogens is 386 g/mol. The first kappa shape index (κ1) is 15.3. The number of benzene rings is 1. The third kappa shape index (κ3) is 3.93. The van der Waals surface area contributed by atoms with Crippen molar-refractivity contribution < 1.29 is 4.74 Å². The number of hydrogen-bond donors (Lipinski definition) is 1. The Bertz CT molecular complexity index is 605. The van der Waals surface area contributed by atoms with Crippen LogP contribution in [0, 0.1) is 6.92 Å². The van der Waals surface area contributed by atoms with Crippen LogP contribution in [-0.2, 0) is 0 Å². The van der Waals surface area contributed by atoms with E-state index in [0.29, 0.717) is 11.8 Å². The molecule has 0 fully saturated rings. The summed E-state index contributed by atoms with van der Waals surface area (Å²) in [4.78, 5) is 8.57. The summed E-state index contributed by atoms with van der Waals surface area (Å²) in [6.45, 7) is 4.91. The molecular formula is C14H15Br2N3O. The largest absolute Gasteiger partial charge is 0.437 e. The summed E-state index contributed by atoms with van der Waals surface area (Å²) in [7, 11) is 0. The van der Waals surface area contributed by atoms with Crippen LogP contribution in [0.1, 0.15) is 18.9 Å². The van der Waals surface area contributed by atoms with Crippen molar-refractivity contribution in [2.24, 2.45) is 0 Å². The average molecular weight is 401 g/mol. The zero-order chi connectivity index (χ0) is 14.5. The first-order valence-electron chi connectivity index (χ1n) is 6.30. The summed E-state index contributed by atoms with van der Waals surface area (Å²) < 4.78 is 7.56. The van der Waals surface area contributed by atoms with Gasteiger partial charge in [-0.1, -0.05) is 28.9 Å². The second-order valence-electron chi connectivity index (χ2n) is 4.29. The standard InChI is InChI=1S/C14H15Br2N3O/c1-3-6-17-14-18-8-11(16)13(19-14)20-12-7-10(15)5-4-9(12)2/h4-5,7-8H,3,6H2,1-2H3,(H,17,18,19). The third-order valence-corrected chi connectivity index (χ3v) is 3.64. The predicted octanol–water partition coefficient (Wildman–Crippen LogP) is 4.92. The van der Waals surface area contributed by atoms with Crippen LogP contribution >= 0.6 is 31.9 Å². The van der Waals surface area contributed by atoms with E-state index in [1.807, 2.05) is 25.1 Å². The summed E-state index contributed by atoms with van der Waals surface area (Å²) in [6, 6.07) is 5.89. The van der Waals surface area contributed by atoms with Gasteiger partial charge in [-0.2, -0.15) is 4.98 Å². The lowest BCUT2D eigenvalue weighted by atomic mass is 10.2. The van der Waals surface area contributed by atoms with Crippen molar-refractivity contribution in [2.45, 2.75) is 20.3 Å². The second kappa shape index (κ2) is 7.04. The maximum atomic E-state index is 5.87. The molecule has 1 N–H and O–H groups in total. The van der Waals surface area contributed by atoms with Crippen LogP contribution in [0.2, 0.25) is 0 Å². The van der Waals surface area contributed by atoms with Crippen molar-refractivity contribution in [3.63, 3.8) is 0 Å². The minimum atomic E-state index is 0.500. The van der Waals surface area contributed by atoms with E-state index >= 15 is 0 Å². The van der Waals surface area contributed by atoms with Crippen molar-refractivity contribution in [1.29, 1.82) is 0 Å². The number of hydrogen-bond acceptors (Lipinski definition) is 4. The Morgan fingerprint density at radius 3 is 2.85 bits per heavy atom. The number of halogens is 2. The highest BCUT2D eigenvalue weighted by molar-refractivity contribution is 9.10. The van der Waals surface area contributed by atoms with Gasteiger partial charge in [0, 0.05) is 11.0 Å². The molecule has 4 nitrogen and oxygen atoms in total. The van der Waals surface area contributed by atoms with E-state index in [1.54, 1.807) is 6.20 Å². The van der Waals surface area contributed by atoms with E-state index in [1.165, 1.54) is 0 Å². The minimum absolute atomic E-state index is 0.500. The van der Waals surface area contributed by atoms with Gasteiger partial charge in [0.1, 0.15) is 5.75 Å². The van der Waals surface area contributed by atoms with E-state index in [4.69, 9.17) is 4.74 Å². The summed E-state index contributed by atoms with van der Waals surface area (Å²) in [5, 5.41) is 3.14. The number of nitrogens with zero attached hydrogens (tertiary/aromatic N) is 2. The molecule has 0 saturated carbocycles. The number of nitrogens with one attached hydrogen (secondary N) is 1. The summed E-state index contributed by atoms with van der Waals surface area (Å²) in [5.74, 6) is 1.83. The van der Waals surface area contributed by atoms with Gasteiger partial charge in [0.25, 0.3) is 0 Å². The maximum absolute atomic E-state index is 5.87. The highest BCUT2D eigenvalue weighted by Gasteiger charge is 2.09. The molecule has 2 rings (SSSR count). The van der Waals surface area contributed by atoms with Gasteiger partial charge in [0.15, 0.2) is 0 Å². The number of ether oxygens (including phenoxy) is 1. The second-order valence-corrected chi connectivity index (χ2v) is 6.06. The zero-order valence-corrected chi connectivity index (χ0v) is 14.5. The van der Waals surface area contributed by atoms with E-state index < -0.39 is 0 Å². The number of aromatic nitrogens is 2. The molecule has 0 bridgehead atoms. The summed E-state index contributed by atoms with van der Waals surface area (Å²) in [6.07, 6.45) is 2.70. The van der Waals surface area contributed by atoms with Gasteiger partial charge in [-0.05, 0) is 47.0 Å². The number of aryl methyl sites for hydroxylation is 1. The van der Waals surface area contributed by atoms with Gasteiger partial charge in [-0.3, -0.25) is 0 Å². The van der Waals surface area contributed by atoms with Crippen molar-refractivity contribution in [3.05, 3.63) is 38.9 Å². The molecule has 1 aromatic carbocycles. The third-order valence-electron chi connectivity index (χ3n) is 2.60. The van der Waals surface area contributed by atoms with Gasteiger partial charge in [0.05, 0.1) is 10.7 Å². The highest BCUT2D eigenvalue weighted by atomic mass is 79.9. The molecule has 0 amide bonds. The molecule has 0 aliphatic carbocycles. The van der Waals surface area contributed by atoms with Crippen molar-refractivity contribution >= 4 is 37.8 Å². The maximum Gasteiger partial charge on any atom is 0.238 e. The van der Waals surface area contributed by atoms with Crippen LogP contribution in [0.5, 0.6) is 11.6 Å². The molecule has 0 atom stereocenters. The minimum Gasteiger partial charge on any atom is -0.437 e. The zero-order valence-electron chi connectivity index (χ0n) is 11.3. The van der Waals surface area contributed by atoms with Crippen LogP contribution in [-0.4, -0.2) is 16.5 Å². The van der Waals surface area contributed by atoms with E-state index in [-0.39, 0.29) is 0 Å². The van der Waals surface area contributed by atoms with E-state index in [0.717, 1.165) is 33.2 Å². The molecule has 0 radical (unpaired) electrons. The molecule has 20 heavy (non-hydrogen) atoms. The number of anilines is 1. The van der Waals surface area contributed by atoms with Crippen LogP contribution in [0.25, 0.3) is 0 Å². The Balaban J connectivity index is 2.25. The molecule has 1 heterocycles. The molecule has 0 unspecified atom stereocenters. The Morgan fingerprint density at radius 2 is 2.10 bits per heavy atom. The monoisotopic (exact) mass is 399 g/mol. The molecule has 0 saturated heterocycles. The van der Waals surface area contributed by atoms with Gasteiger partial charge in [-0.25, -0.2) is 4.98 Å². The fourth-order valence-corrected chi connectivity index (χ4v) is 2.15. The van der Waals surface area contributed by atoms with Crippen LogP contribution in [0.15, 0.2) is 33.3 Å². The number of rotatable bonds is 5. The molecule has 1 aromatic heterocycles. The molecule has 0 spiro atoms. The predicted molar refractivity (Wildman–Crippen MR) is 87.5 cm³/mol. The molecule has 0 aliphatic rings. The Kier molecular flexibility index (Phi) is 5.37.